The summed E-state index contributed by atoms with van der Waals surface area (Å²) in [6.07, 6.45) is 11.5. The van der Waals surface area contributed by atoms with Gasteiger partial charge in [-0.25, -0.2) is 9.67 Å². The van der Waals surface area contributed by atoms with E-state index < -0.39 is 10.2 Å². The van der Waals surface area contributed by atoms with Crippen LogP contribution in [0, 0.1) is 17.8 Å². The first-order valence-electron chi connectivity index (χ1n) is 10.6. The summed E-state index contributed by atoms with van der Waals surface area (Å²) in [6, 6.07) is 0. The van der Waals surface area contributed by atoms with Gasteiger partial charge in [0.25, 0.3) is 10.2 Å². The summed E-state index contributed by atoms with van der Waals surface area (Å²) in [6.45, 7) is 1.78. The molecule has 4 aliphatic carbocycles. The maximum atomic E-state index is 13.4. The van der Waals surface area contributed by atoms with Gasteiger partial charge in [0.05, 0.1) is 12.1 Å². The largest absolute Gasteiger partial charge is 0.384 e. The van der Waals surface area contributed by atoms with Crippen molar-refractivity contribution in [1.29, 1.82) is 0 Å². The maximum absolute atomic E-state index is 13.4. The second-order valence-electron chi connectivity index (χ2n) is 9.73. The van der Waals surface area contributed by atoms with Crippen LogP contribution < -0.4 is 4.72 Å². The van der Waals surface area contributed by atoms with Gasteiger partial charge in [0.15, 0.2) is 0 Å². The standard InChI is InChI=1S/C19H31N5O3S/c1-27-11-15-3-2-4-23(10-15)28(25,26)22-18-6-16-5-17(7-18)9-19(8-16,12-18)24-14-20-13-21-24/h13-17,22H,2-12H2,1H3. The fourth-order valence-corrected chi connectivity index (χ4v) is 8.70. The third-order valence-corrected chi connectivity index (χ3v) is 9.21. The van der Waals surface area contributed by atoms with Gasteiger partial charge in [0.2, 0.25) is 0 Å². The lowest BCUT2D eigenvalue weighted by Gasteiger charge is -2.61. The van der Waals surface area contributed by atoms with Gasteiger partial charge >= 0.3 is 0 Å². The lowest BCUT2D eigenvalue weighted by atomic mass is 9.50. The zero-order valence-electron chi connectivity index (χ0n) is 16.6. The molecule has 0 spiro atoms. The van der Waals surface area contributed by atoms with Crippen LogP contribution in [0.25, 0.3) is 0 Å². The molecule has 3 unspecified atom stereocenters. The Hall–Kier alpha value is -1.03. The number of hydrogen-bond donors (Lipinski definition) is 1. The smallest absolute Gasteiger partial charge is 0.279 e. The quantitative estimate of drug-likeness (QED) is 0.769. The van der Waals surface area contributed by atoms with Crippen molar-refractivity contribution in [3.63, 3.8) is 0 Å². The summed E-state index contributed by atoms with van der Waals surface area (Å²) in [5.74, 6) is 1.42. The molecule has 1 aromatic rings. The summed E-state index contributed by atoms with van der Waals surface area (Å²) in [4.78, 5) is 4.17. The van der Waals surface area contributed by atoms with E-state index in [1.54, 1.807) is 17.7 Å². The van der Waals surface area contributed by atoms with Gasteiger partial charge in [-0.05, 0) is 69.1 Å². The summed E-state index contributed by atoms with van der Waals surface area (Å²) in [5, 5.41) is 4.46. The Labute approximate surface area is 167 Å². The molecule has 28 heavy (non-hydrogen) atoms. The van der Waals surface area contributed by atoms with Gasteiger partial charge < -0.3 is 4.74 Å². The third kappa shape index (κ3) is 3.20. The number of methoxy groups -OCH3 is 1. The molecule has 6 rings (SSSR count). The van der Waals surface area contributed by atoms with Crippen LogP contribution in [0.3, 0.4) is 0 Å². The van der Waals surface area contributed by atoms with Crippen molar-refractivity contribution in [2.45, 2.75) is 62.4 Å². The van der Waals surface area contributed by atoms with Gasteiger partial charge in [0, 0.05) is 25.7 Å². The predicted octanol–water partition coefficient (Wildman–Crippen LogP) is 1.52. The Kier molecular flexibility index (Phi) is 4.57. The summed E-state index contributed by atoms with van der Waals surface area (Å²) in [5.41, 5.74) is -0.424. The average molecular weight is 410 g/mol. The van der Waals surface area contributed by atoms with E-state index in [0.29, 0.717) is 31.5 Å². The molecule has 0 amide bonds. The lowest BCUT2D eigenvalue weighted by Crippen LogP contribution is -2.67. The van der Waals surface area contributed by atoms with Gasteiger partial charge in [-0.2, -0.15) is 22.5 Å². The highest BCUT2D eigenvalue weighted by molar-refractivity contribution is 7.87. The molecule has 5 fully saturated rings. The SMILES string of the molecule is COCC1CCCN(S(=O)(=O)NC23CC4CC(C2)CC(n2cncn2)(C4)C3)C1. The van der Waals surface area contributed by atoms with Crippen molar-refractivity contribution >= 4 is 10.2 Å². The number of nitrogens with zero attached hydrogens (tertiary/aromatic N) is 4. The fourth-order valence-electron chi connectivity index (χ4n) is 7.01. The summed E-state index contributed by atoms with van der Waals surface area (Å²) >= 11 is 0. The van der Waals surface area contributed by atoms with E-state index >= 15 is 0 Å². The van der Waals surface area contributed by atoms with Crippen LogP contribution in [0.15, 0.2) is 12.7 Å². The van der Waals surface area contributed by atoms with Crippen LogP contribution in [0.1, 0.15) is 51.4 Å². The zero-order valence-corrected chi connectivity index (χ0v) is 17.4. The molecular formula is C19H31N5O3S. The minimum absolute atomic E-state index is 0.0798. The van der Waals surface area contributed by atoms with Crippen molar-refractivity contribution in [3.8, 4) is 0 Å². The monoisotopic (exact) mass is 409 g/mol. The number of rotatable bonds is 6. The van der Waals surface area contributed by atoms with Crippen LogP contribution >= 0.6 is 0 Å². The van der Waals surface area contributed by atoms with Gasteiger partial charge in [-0.15, -0.1) is 0 Å². The van der Waals surface area contributed by atoms with Crippen molar-refractivity contribution in [1.82, 2.24) is 23.8 Å². The molecule has 0 radical (unpaired) electrons. The van der Waals surface area contributed by atoms with E-state index in [1.165, 1.54) is 6.42 Å². The highest BCUT2D eigenvalue weighted by atomic mass is 32.2. The molecule has 3 atom stereocenters. The van der Waals surface area contributed by atoms with E-state index in [2.05, 4.69) is 14.8 Å². The Morgan fingerprint density at radius 2 is 2.04 bits per heavy atom. The fraction of sp³-hybridized carbons (Fsp3) is 0.895. The molecule has 1 N–H and O–H groups in total. The Bertz CT molecular complexity index is 796. The second kappa shape index (κ2) is 6.75. The highest BCUT2D eigenvalue weighted by Gasteiger charge is 2.60. The molecule has 1 saturated heterocycles. The van der Waals surface area contributed by atoms with Crippen LogP contribution in [-0.4, -0.2) is 59.8 Å². The van der Waals surface area contributed by atoms with Gasteiger partial charge in [0.1, 0.15) is 12.7 Å². The van der Waals surface area contributed by atoms with E-state index in [4.69, 9.17) is 4.74 Å². The van der Waals surface area contributed by atoms with E-state index in [0.717, 1.165) is 44.9 Å². The molecular weight excluding hydrogens is 378 g/mol. The molecule has 0 aromatic carbocycles. The molecule has 8 nitrogen and oxygen atoms in total. The Balaban J connectivity index is 1.38. The number of nitrogens with one attached hydrogen (secondary N) is 1. The van der Waals surface area contributed by atoms with Crippen LogP contribution in [0.2, 0.25) is 0 Å². The van der Waals surface area contributed by atoms with E-state index in [9.17, 15) is 8.42 Å². The van der Waals surface area contributed by atoms with Gasteiger partial charge in [-0.1, -0.05) is 0 Å². The maximum Gasteiger partial charge on any atom is 0.279 e. The molecule has 5 aliphatic rings. The molecule has 2 heterocycles. The number of aromatic nitrogens is 3. The lowest BCUT2D eigenvalue weighted by molar-refractivity contribution is -0.0704. The van der Waals surface area contributed by atoms with Crippen LogP contribution in [0.4, 0.5) is 0 Å². The van der Waals surface area contributed by atoms with Crippen molar-refractivity contribution in [3.05, 3.63) is 12.7 Å². The molecule has 1 aliphatic heterocycles. The van der Waals surface area contributed by atoms with Crippen molar-refractivity contribution in [2.75, 3.05) is 26.8 Å². The number of ether oxygens (including phenoxy) is 1. The first kappa shape index (κ1) is 19.0. The van der Waals surface area contributed by atoms with Crippen LogP contribution in [0.5, 0.6) is 0 Å². The van der Waals surface area contributed by atoms with Gasteiger partial charge in [-0.3, -0.25) is 0 Å². The predicted molar refractivity (Wildman–Crippen MR) is 104 cm³/mol. The zero-order chi connectivity index (χ0) is 19.4. The van der Waals surface area contributed by atoms with Crippen LogP contribution in [-0.2, 0) is 20.5 Å². The minimum atomic E-state index is -3.51. The summed E-state index contributed by atoms with van der Waals surface area (Å²) < 4.78 is 38.9. The minimum Gasteiger partial charge on any atom is -0.384 e. The van der Waals surface area contributed by atoms with Crippen molar-refractivity contribution in [2.24, 2.45) is 17.8 Å². The molecule has 156 valence electrons. The Morgan fingerprint density at radius 3 is 2.71 bits per heavy atom. The molecule has 4 bridgehead atoms. The first-order chi connectivity index (χ1) is 13.4. The van der Waals surface area contributed by atoms with E-state index in [1.807, 2.05) is 11.0 Å². The van der Waals surface area contributed by atoms with E-state index in [-0.39, 0.29) is 17.0 Å². The number of hydrogen-bond acceptors (Lipinski definition) is 5. The normalized spacial score (nSPS) is 40.8. The number of piperidine rings is 1. The summed E-state index contributed by atoms with van der Waals surface area (Å²) in [7, 11) is -1.82. The third-order valence-electron chi connectivity index (χ3n) is 7.50. The molecule has 1 aromatic heterocycles. The Morgan fingerprint density at radius 1 is 1.25 bits per heavy atom. The average Bonchev–Trinajstić information content (AvgIpc) is 3.16. The molecule has 4 saturated carbocycles. The van der Waals surface area contributed by atoms with Crippen molar-refractivity contribution < 1.29 is 13.2 Å². The highest BCUT2D eigenvalue weighted by Crippen LogP contribution is 2.60. The topological polar surface area (TPSA) is 89.4 Å². The second-order valence-corrected chi connectivity index (χ2v) is 11.4. The molecule has 9 heteroatoms. The first-order valence-corrected chi connectivity index (χ1v) is 12.0.